The van der Waals surface area contributed by atoms with Crippen LogP contribution in [0.4, 0.5) is 22.8 Å². The van der Waals surface area contributed by atoms with Crippen LogP contribution in [0.1, 0.15) is 97.1 Å². The number of nitrogens with one attached hydrogen (secondary N) is 1. The first-order valence-electron chi connectivity index (χ1n) is 31.7. The van der Waals surface area contributed by atoms with E-state index in [1.165, 1.54) is 49.6 Å². The van der Waals surface area contributed by atoms with Gasteiger partial charge in [0, 0.05) is 88.2 Å². The number of rotatable bonds is 17. The molecular weight excluding hydrogens is 1240 g/mol. The summed E-state index contributed by atoms with van der Waals surface area (Å²) in [6.07, 6.45) is 16.7. The number of imidazole rings is 3. The monoisotopic (exact) mass is 1320 g/mol. The number of methoxy groups -OCH3 is 2. The first-order valence-corrected chi connectivity index (χ1v) is 32.1. The van der Waals surface area contributed by atoms with Gasteiger partial charge >= 0.3 is 12.2 Å². The van der Waals surface area contributed by atoms with E-state index in [1.54, 1.807) is 80.1 Å². The molecule has 3 aliphatic heterocycles. The SMILES string of the molecule is CC(C)(C)OC(=O)N1CCC[C@@H](Cc2cc(Cl)nc(-c3cnc4ccc(F)cn34)n2)C1.COCCOc1cc(C[C@@H]2CCCN(C(=O)OC(C)(C)C)C2)nc(-c2cnc3ccc(F)cn23)n1.COCCOc1cc(C[C@@H]2CCCNC2)nc(-c2cnc3ccc(F)cn23)n1. The lowest BCUT2D eigenvalue weighted by atomic mass is 9.93. The van der Waals surface area contributed by atoms with Crippen LogP contribution in [-0.2, 0) is 38.2 Å². The fourth-order valence-electron chi connectivity index (χ4n) is 11.5. The molecule has 2 amide bonds. The molecule has 9 aromatic heterocycles. The summed E-state index contributed by atoms with van der Waals surface area (Å²) in [5.41, 5.74) is 5.02. The average Bonchev–Trinajstić information content (AvgIpc) is 1.69. The van der Waals surface area contributed by atoms with Crippen molar-refractivity contribution in [2.45, 2.75) is 111 Å². The van der Waals surface area contributed by atoms with Crippen LogP contribution in [0.5, 0.6) is 11.8 Å². The lowest BCUT2D eigenvalue weighted by molar-refractivity contribution is 0.0156. The second-order valence-corrected chi connectivity index (χ2v) is 26.0. The molecule has 0 bridgehead atoms. The molecule has 0 unspecified atom stereocenters. The quantitative estimate of drug-likeness (QED) is 0.0658. The van der Waals surface area contributed by atoms with Crippen molar-refractivity contribution in [1.82, 2.24) is 73.2 Å². The lowest BCUT2D eigenvalue weighted by Gasteiger charge is -2.34. The van der Waals surface area contributed by atoms with E-state index >= 15 is 0 Å². The molecule has 0 aromatic carbocycles. The topological polar surface area (TPSA) is 237 Å². The van der Waals surface area contributed by atoms with E-state index in [0.717, 1.165) is 62.3 Å². The first-order chi connectivity index (χ1) is 45.1. The van der Waals surface area contributed by atoms with Crippen molar-refractivity contribution in [2.24, 2.45) is 17.8 Å². The van der Waals surface area contributed by atoms with Crippen LogP contribution in [0.3, 0.4) is 0 Å². The Morgan fingerprint density at radius 1 is 0.532 bits per heavy atom. The number of hydrogen-bond acceptors (Lipinski definition) is 18. The number of fused-ring (bicyclic) bond motifs is 3. The van der Waals surface area contributed by atoms with E-state index < -0.39 is 11.2 Å². The number of hydrogen-bond donors (Lipinski definition) is 1. The van der Waals surface area contributed by atoms with Gasteiger partial charge in [0.1, 0.15) is 81.0 Å². The first kappa shape index (κ1) is 68.3. The second-order valence-electron chi connectivity index (χ2n) is 25.6. The Bertz CT molecular complexity index is 4040. The summed E-state index contributed by atoms with van der Waals surface area (Å²) in [6, 6.07) is 14.4. The van der Waals surface area contributed by atoms with Gasteiger partial charge in [-0.1, -0.05) is 11.6 Å². The number of halogens is 4. The van der Waals surface area contributed by atoms with Crippen LogP contribution in [-0.4, -0.2) is 171 Å². The Hall–Kier alpha value is -8.59. The van der Waals surface area contributed by atoms with E-state index in [-0.39, 0.29) is 41.5 Å². The minimum Gasteiger partial charge on any atom is -0.475 e. The molecular formula is C67H81ClF3N15O8. The van der Waals surface area contributed by atoms with E-state index in [0.29, 0.717) is 140 Å². The smallest absolute Gasteiger partial charge is 0.410 e. The van der Waals surface area contributed by atoms with E-state index in [1.807, 2.05) is 53.7 Å². The number of aromatic nitrogens is 12. The third-order valence-corrected chi connectivity index (χ3v) is 15.9. The van der Waals surface area contributed by atoms with Crippen molar-refractivity contribution in [1.29, 1.82) is 0 Å². The zero-order valence-electron chi connectivity index (χ0n) is 54.4. The van der Waals surface area contributed by atoms with Gasteiger partial charge in [0.05, 0.1) is 31.8 Å². The van der Waals surface area contributed by atoms with Gasteiger partial charge in [-0.3, -0.25) is 13.2 Å². The molecule has 3 atom stereocenters. The van der Waals surface area contributed by atoms with Crippen LogP contribution >= 0.6 is 11.6 Å². The van der Waals surface area contributed by atoms with Crippen LogP contribution in [0.25, 0.3) is 51.5 Å². The molecule has 23 nitrogen and oxygen atoms in total. The maximum absolute atomic E-state index is 13.9. The molecule has 0 aliphatic carbocycles. The maximum Gasteiger partial charge on any atom is 0.410 e. The Balaban J connectivity index is 0.000000155. The summed E-state index contributed by atoms with van der Waals surface area (Å²) in [4.78, 5) is 69.1. The zero-order valence-corrected chi connectivity index (χ0v) is 55.1. The number of ether oxygens (including phenoxy) is 6. The molecule has 3 fully saturated rings. The summed E-state index contributed by atoms with van der Waals surface area (Å²) in [5.74, 6) is 2.05. The highest BCUT2D eigenvalue weighted by atomic mass is 35.5. The van der Waals surface area contributed by atoms with Gasteiger partial charge in [0.15, 0.2) is 17.5 Å². The van der Waals surface area contributed by atoms with Gasteiger partial charge in [-0.25, -0.2) is 57.6 Å². The van der Waals surface area contributed by atoms with E-state index in [4.69, 9.17) is 50.0 Å². The number of carbonyl (C=O) groups is 2. The number of piperidine rings is 3. The van der Waals surface area contributed by atoms with Crippen LogP contribution < -0.4 is 14.8 Å². The number of likely N-dealkylation sites (tertiary alicyclic amines) is 2. The average molecular weight is 1320 g/mol. The van der Waals surface area contributed by atoms with E-state index in [9.17, 15) is 22.8 Å². The third kappa shape index (κ3) is 18.8. The van der Waals surface area contributed by atoms with Gasteiger partial charge in [0.25, 0.3) is 0 Å². The highest BCUT2D eigenvalue weighted by Crippen LogP contribution is 2.30. The Labute approximate surface area is 548 Å². The number of pyridine rings is 3. The largest absolute Gasteiger partial charge is 0.475 e. The molecule has 27 heteroatoms. The van der Waals surface area contributed by atoms with Crippen LogP contribution in [0, 0.1) is 35.2 Å². The number of nitrogens with zero attached hydrogens (tertiary/aromatic N) is 14. The predicted molar refractivity (Wildman–Crippen MR) is 346 cm³/mol. The fraction of sp³-hybridized carbons (Fsp3) is 0.478. The maximum atomic E-state index is 13.9. The van der Waals surface area contributed by atoms with Crippen molar-refractivity contribution >= 4 is 40.7 Å². The molecule has 500 valence electrons. The highest BCUT2D eigenvalue weighted by molar-refractivity contribution is 6.29. The fourth-order valence-corrected chi connectivity index (χ4v) is 11.7. The summed E-state index contributed by atoms with van der Waals surface area (Å²) in [6.45, 7) is 17.5. The van der Waals surface area contributed by atoms with Gasteiger partial charge in [-0.2, -0.15) is 9.97 Å². The highest BCUT2D eigenvalue weighted by Gasteiger charge is 2.31. The van der Waals surface area contributed by atoms with E-state index in [2.05, 4.69) is 40.2 Å². The van der Waals surface area contributed by atoms with Gasteiger partial charge in [-0.15, -0.1) is 0 Å². The van der Waals surface area contributed by atoms with Gasteiger partial charge in [-0.05, 0) is 173 Å². The van der Waals surface area contributed by atoms with Crippen molar-refractivity contribution in [3.05, 3.63) is 131 Å². The standard InChI is InChI=1S/C25H32FN5O4.C22H25ClFN5O2.C20H24FN5O2/c1-25(2,3)35-24(32)30-9-5-6-17(15-30)12-19-13-22(34-11-10-33-4)29-23(28-19)20-14-27-21-8-7-18(26)16-31(20)21;1-22(2,3)31-21(30)28-8-4-5-14(12-28)9-16-10-18(23)27-20(26-16)17-11-25-19-7-6-15(24)13-29(17)19;1-27-7-8-28-19-10-16(9-14-3-2-6-22-11-14)24-20(25-19)17-12-23-18-5-4-15(21)13-26(17)18/h7-8,13-14,16-17H,5-6,9-12,15H2,1-4H3;6-7,10-11,13-14H,4-5,8-9,12H2,1-3H3;4-5,10,12-14,22H,2-3,6-9,11H2,1H3/t17-;2*14-/m000/s1. The summed E-state index contributed by atoms with van der Waals surface area (Å²) >= 11 is 6.28. The van der Waals surface area contributed by atoms with Crippen molar-refractivity contribution < 1.29 is 51.2 Å². The number of amides is 2. The molecule has 0 radical (unpaired) electrons. The number of carbonyl (C=O) groups excluding carboxylic acids is 2. The van der Waals surface area contributed by atoms with Crippen molar-refractivity contribution in [3.8, 4) is 46.3 Å². The zero-order chi connectivity index (χ0) is 66.5. The van der Waals surface area contributed by atoms with Crippen molar-refractivity contribution in [2.75, 3.05) is 79.9 Å². The van der Waals surface area contributed by atoms with Crippen LogP contribution in [0.2, 0.25) is 5.15 Å². The summed E-state index contributed by atoms with van der Waals surface area (Å²) < 4.78 is 79.0. The molecule has 9 aromatic rings. The molecule has 12 heterocycles. The molecule has 1 N–H and O–H groups in total. The minimum atomic E-state index is -0.534. The normalized spacial score (nSPS) is 16.9. The molecule has 0 spiro atoms. The molecule has 94 heavy (non-hydrogen) atoms. The minimum absolute atomic E-state index is 0.213. The van der Waals surface area contributed by atoms with Crippen LogP contribution in [0.15, 0.2) is 91.8 Å². The third-order valence-electron chi connectivity index (χ3n) is 15.7. The Kier molecular flexibility index (Phi) is 22.6. The van der Waals surface area contributed by atoms with Gasteiger partial charge in [0.2, 0.25) is 11.8 Å². The Morgan fingerprint density at radius 3 is 1.32 bits per heavy atom. The molecule has 3 aliphatic rings. The predicted octanol–water partition coefficient (Wildman–Crippen LogP) is 11.4. The summed E-state index contributed by atoms with van der Waals surface area (Å²) in [7, 11) is 3.23. The summed E-state index contributed by atoms with van der Waals surface area (Å²) in [5, 5.41) is 3.75. The second kappa shape index (κ2) is 31.1. The molecule has 3 saturated heterocycles. The lowest BCUT2D eigenvalue weighted by Crippen LogP contribution is -2.43. The molecule has 0 saturated carbocycles. The Morgan fingerprint density at radius 2 is 0.926 bits per heavy atom. The van der Waals surface area contributed by atoms with Crippen molar-refractivity contribution in [3.63, 3.8) is 0 Å². The van der Waals surface area contributed by atoms with Gasteiger partial charge < -0.3 is 43.5 Å². The molecule has 12 rings (SSSR count).